The molecule has 0 spiro atoms. The summed E-state index contributed by atoms with van der Waals surface area (Å²) in [5.74, 6) is -2.20. The van der Waals surface area contributed by atoms with Crippen molar-refractivity contribution in [3.63, 3.8) is 0 Å². The molecule has 0 unspecified atom stereocenters. The van der Waals surface area contributed by atoms with E-state index in [0.717, 1.165) is 24.7 Å². The molecule has 0 bridgehead atoms. The second-order valence-electron chi connectivity index (χ2n) is 2.02. The van der Waals surface area contributed by atoms with Gasteiger partial charge in [-0.1, -0.05) is 0 Å². The Kier molecular flexibility index (Phi) is 6.57. The summed E-state index contributed by atoms with van der Waals surface area (Å²) in [4.78, 5) is 19.9. The van der Waals surface area contributed by atoms with Gasteiger partial charge in [0.15, 0.2) is 0 Å². The van der Waals surface area contributed by atoms with Crippen LogP contribution >= 0.6 is 0 Å². The van der Waals surface area contributed by atoms with E-state index in [0.29, 0.717) is 0 Å². The van der Waals surface area contributed by atoms with Crippen LogP contribution in [-0.4, -0.2) is 35.4 Å². The molecule has 0 aliphatic heterocycles. The minimum absolute atomic E-state index is 0.147. The van der Waals surface area contributed by atoms with Crippen molar-refractivity contribution in [3.8, 4) is 0 Å². The van der Waals surface area contributed by atoms with Gasteiger partial charge in [0.05, 0.1) is 24.7 Å². The fourth-order valence-electron chi connectivity index (χ4n) is 0.445. The molecule has 6 nitrogen and oxygen atoms in total. The number of aliphatic carboxylic acids is 2. The molecule has 2 N–H and O–H groups in total. The van der Waals surface area contributed by atoms with Gasteiger partial charge in [-0.25, -0.2) is 9.59 Å². The van der Waals surface area contributed by atoms with Gasteiger partial charge in [-0.05, 0) is 0 Å². The van der Waals surface area contributed by atoms with Gasteiger partial charge in [0.2, 0.25) is 0 Å². The Labute approximate surface area is 80.1 Å². The second kappa shape index (κ2) is 7.66. The van der Waals surface area contributed by atoms with Crippen molar-refractivity contribution in [1.82, 2.24) is 0 Å². The first kappa shape index (κ1) is 12.0. The van der Waals surface area contributed by atoms with Crippen molar-refractivity contribution in [2.75, 3.05) is 13.2 Å². The average Bonchev–Trinajstić information content (AvgIpc) is 2.08. The molecule has 0 radical (unpaired) electrons. The van der Waals surface area contributed by atoms with E-state index in [-0.39, 0.29) is 13.2 Å². The van der Waals surface area contributed by atoms with Crippen LogP contribution in [0, 0.1) is 0 Å². The summed E-state index contributed by atoms with van der Waals surface area (Å²) in [6.45, 7) is 0.293. The number of carbonyl (C=O) groups is 2. The maximum atomic E-state index is 9.93. The first-order valence-electron chi connectivity index (χ1n) is 3.65. The molecule has 78 valence electrons. The first-order valence-corrected chi connectivity index (χ1v) is 3.65. The monoisotopic (exact) mass is 202 g/mol. The van der Waals surface area contributed by atoms with Crippen LogP contribution in [0.3, 0.4) is 0 Å². The lowest BCUT2D eigenvalue weighted by molar-refractivity contribution is -0.132. The summed E-state index contributed by atoms with van der Waals surface area (Å²) in [5, 5.41) is 16.3. The van der Waals surface area contributed by atoms with Crippen molar-refractivity contribution < 1.29 is 29.3 Å². The summed E-state index contributed by atoms with van der Waals surface area (Å²) in [7, 11) is 0. The van der Waals surface area contributed by atoms with E-state index in [4.69, 9.17) is 10.2 Å². The SMILES string of the molecule is O=C(O)C=COCCOC=CC(=O)O. The number of rotatable bonds is 7. The Hall–Kier alpha value is -1.98. The zero-order valence-electron chi connectivity index (χ0n) is 7.25. The molecule has 0 aromatic rings. The highest BCUT2D eigenvalue weighted by atomic mass is 16.5. The van der Waals surface area contributed by atoms with E-state index < -0.39 is 11.9 Å². The van der Waals surface area contributed by atoms with Crippen LogP contribution in [0.1, 0.15) is 0 Å². The van der Waals surface area contributed by atoms with E-state index in [1.165, 1.54) is 0 Å². The summed E-state index contributed by atoms with van der Waals surface area (Å²) in [6, 6.07) is 0. The van der Waals surface area contributed by atoms with Crippen LogP contribution in [0.4, 0.5) is 0 Å². The lowest BCUT2D eigenvalue weighted by Gasteiger charge is -1.99. The highest BCUT2D eigenvalue weighted by Gasteiger charge is 1.87. The lowest BCUT2D eigenvalue weighted by atomic mass is 10.6. The molecule has 0 fully saturated rings. The van der Waals surface area contributed by atoms with Crippen molar-refractivity contribution in [1.29, 1.82) is 0 Å². The Morgan fingerprint density at radius 3 is 1.57 bits per heavy atom. The number of hydrogen-bond donors (Lipinski definition) is 2. The third-order valence-electron chi connectivity index (χ3n) is 0.933. The smallest absolute Gasteiger partial charge is 0.331 e. The van der Waals surface area contributed by atoms with Gasteiger partial charge in [-0.2, -0.15) is 0 Å². The Balaban J connectivity index is 3.30. The van der Waals surface area contributed by atoms with Crippen LogP contribution < -0.4 is 0 Å². The lowest BCUT2D eigenvalue weighted by Crippen LogP contribution is -1.98. The Morgan fingerprint density at radius 1 is 0.929 bits per heavy atom. The van der Waals surface area contributed by atoms with Gasteiger partial charge in [0.1, 0.15) is 13.2 Å². The van der Waals surface area contributed by atoms with Gasteiger partial charge >= 0.3 is 11.9 Å². The van der Waals surface area contributed by atoms with Crippen LogP contribution in [0.15, 0.2) is 24.7 Å². The maximum Gasteiger partial charge on any atom is 0.331 e. The van der Waals surface area contributed by atoms with Crippen molar-refractivity contribution in [3.05, 3.63) is 24.7 Å². The van der Waals surface area contributed by atoms with E-state index >= 15 is 0 Å². The van der Waals surface area contributed by atoms with Crippen LogP contribution in [0.2, 0.25) is 0 Å². The van der Waals surface area contributed by atoms with Gasteiger partial charge in [-0.15, -0.1) is 0 Å². The van der Waals surface area contributed by atoms with Crippen LogP contribution in [-0.2, 0) is 19.1 Å². The molecule has 6 heteroatoms. The highest BCUT2D eigenvalue weighted by molar-refractivity contribution is 5.79. The number of hydrogen-bond acceptors (Lipinski definition) is 4. The minimum atomic E-state index is -1.10. The minimum Gasteiger partial charge on any atom is -0.497 e. The van der Waals surface area contributed by atoms with Gasteiger partial charge in [0.25, 0.3) is 0 Å². The molecule has 0 saturated carbocycles. The number of carboxylic acid groups (broad SMARTS) is 2. The van der Waals surface area contributed by atoms with E-state index in [1.54, 1.807) is 0 Å². The Morgan fingerprint density at radius 2 is 1.29 bits per heavy atom. The second-order valence-corrected chi connectivity index (χ2v) is 2.02. The third-order valence-corrected chi connectivity index (χ3v) is 0.933. The quantitative estimate of drug-likeness (QED) is 0.348. The molecular formula is C8H10O6. The number of ether oxygens (including phenoxy) is 2. The molecule has 0 rings (SSSR count). The zero-order chi connectivity index (χ0) is 10.8. The summed E-state index contributed by atoms with van der Waals surface area (Å²) >= 11 is 0. The topological polar surface area (TPSA) is 93.1 Å². The van der Waals surface area contributed by atoms with Gasteiger partial charge in [-0.3, -0.25) is 0 Å². The molecular weight excluding hydrogens is 192 g/mol. The zero-order valence-corrected chi connectivity index (χ0v) is 7.25. The fraction of sp³-hybridized carbons (Fsp3) is 0.250. The molecule has 0 aromatic heterocycles. The van der Waals surface area contributed by atoms with Crippen LogP contribution in [0.5, 0.6) is 0 Å². The van der Waals surface area contributed by atoms with Gasteiger partial charge < -0.3 is 19.7 Å². The molecule has 0 aliphatic rings. The van der Waals surface area contributed by atoms with Crippen molar-refractivity contribution >= 4 is 11.9 Å². The molecule has 0 atom stereocenters. The average molecular weight is 202 g/mol. The molecule has 0 aromatic carbocycles. The van der Waals surface area contributed by atoms with E-state index in [2.05, 4.69) is 9.47 Å². The maximum absolute atomic E-state index is 9.93. The molecule has 0 amide bonds. The van der Waals surface area contributed by atoms with E-state index in [9.17, 15) is 9.59 Å². The standard InChI is InChI=1S/C8H10O6/c9-7(10)1-3-13-5-6-14-4-2-8(11)12/h1-4H,5-6H2,(H,9,10)(H,11,12). The normalized spacial score (nSPS) is 10.6. The Bertz CT molecular complexity index is 216. The predicted molar refractivity (Wildman–Crippen MR) is 45.5 cm³/mol. The van der Waals surface area contributed by atoms with Crippen LogP contribution in [0.25, 0.3) is 0 Å². The molecule has 14 heavy (non-hydrogen) atoms. The first-order chi connectivity index (χ1) is 6.63. The van der Waals surface area contributed by atoms with Crippen molar-refractivity contribution in [2.24, 2.45) is 0 Å². The molecule has 0 heterocycles. The predicted octanol–water partition coefficient (Wildman–Crippen LogP) is 0.216. The third kappa shape index (κ3) is 10.0. The van der Waals surface area contributed by atoms with E-state index in [1.807, 2.05) is 0 Å². The largest absolute Gasteiger partial charge is 0.497 e. The molecule has 0 aliphatic carbocycles. The van der Waals surface area contributed by atoms with Gasteiger partial charge in [0, 0.05) is 0 Å². The summed E-state index contributed by atoms with van der Waals surface area (Å²) < 4.78 is 9.37. The number of carboxylic acids is 2. The summed E-state index contributed by atoms with van der Waals surface area (Å²) in [5.41, 5.74) is 0. The fourth-order valence-corrected chi connectivity index (χ4v) is 0.445. The molecule has 0 saturated heterocycles. The van der Waals surface area contributed by atoms with Crippen molar-refractivity contribution in [2.45, 2.75) is 0 Å². The highest BCUT2D eigenvalue weighted by Crippen LogP contribution is 1.82. The summed E-state index contributed by atoms with van der Waals surface area (Å²) in [6.07, 6.45) is 3.72.